The molecule has 0 nitrogen and oxygen atoms in total. The maximum absolute atomic E-state index is 13.9. The molecule has 0 atom stereocenters. The number of rotatable bonds is 1. The molecule has 0 radical (unpaired) electrons. The van der Waals surface area contributed by atoms with Crippen LogP contribution >= 0.6 is 0 Å². The topological polar surface area (TPSA) is 0 Å². The minimum absolute atomic E-state index is 0.129. The van der Waals surface area contributed by atoms with Crippen molar-refractivity contribution in [2.24, 2.45) is 0 Å². The highest BCUT2D eigenvalue weighted by molar-refractivity contribution is 5.65. The van der Waals surface area contributed by atoms with E-state index < -0.39 is 0 Å². The summed E-state index contributed by atoms with van der Waals surface area (Å²) < 4.78 is 13.9. The van der Waals surface area contributed by atoms with Crippen LogP contribution in [0.3, 0.4) is 0 Å². The van der Waals surface area contributed by atoms with Gasteiger partial charge in [0.25, 0.3) is 0 Å². The van der Waals surface area contributed by atoms with Gasteiger partial charge in [0.05, 0.1) is 0 Å². The molecule has 0 unspecified atom stereocenters. The number of benzene rings is 2. The smallest absolute Gasteiger partial charge is 0.131 e. The Kier molecular flexibility index (Phi) is 3.25. The Balaban J connectivity index is 2.41. The van der Waals surface area contributed by atoms with E-state index in [-0.39, 0.29) is 11.2 Å². The van der Waals surface area contributed by atoms with Gasteiger partial charge in [-0.25, -0.2) is 4.39 Å². The van der Waals surface area contributed by atoms with Crippen LogP contribution in [0.5, 0.6) is 0 Å². The normalized spacial score (nSPS) is 11.6. The van der Waals surface area contributed by atoms with E-state index >= 15 is 0 Å². The van der Waals surface area contributed by atoms with Crippen LogP contribution in [0.2, 0.25) is 0 Å². The molecule has 0 aromatic heterocycles. The van der Waals surface area contributed by atoms with Crippen LogP contribution in [0.1, 0.15) is 31.9 Å². The molecule has 0 aliphatic heterocycles. The lowest BCUT2D eigenvalue weighted by Gasteiger charge is -2.19. The number of hydrogen-bond acceptors (Lipinski definition) is 0. The maximum atomic E-state index is 13.9. The molecular weight excluding hydrogens is 223 g/mol. The lowest BCUT2D eigenvalue weighted by molar-refractivity contribution is 0.590. The Bertz CT molecular complexity index is 545. The number of halogens is 1. The molecule has 1 heteroatoms. The van der Waals surface area contributed by atoms with Crippen molar-refractivity contribution in [1.82, 2.24) is 0 Å². The van der Waals surface area contributed by atoms with Crippen LogP contribution in [0.25, 0.3) is 11.1 Å². The van der Waals surface area contributed by atoms with Crippen molar-refractivity contribution < 1.29 is 4.39 Å². The first-order chi connectivity index (χ1) is 8.38. The zero-order valence-electron chi connectivity index (χ0n) is 11.4. The molecule has 0 aliphatic carbocycles. The molecule has 2 rings (SSSR count). The van der Waals surface area contributed by atoms with E-state index in [0.717, 1.165) is 11.1 Å². The molecule has 0 amide bonds. The van der Waals surface area contributed by atoms with Gasteiger partial charge in [-0.3, -0.25) is 0 Å². The second kappa shape index (κ2) is 4.56. The Labute approximate surface area is 108 Å². The van der Waals surface area contributed by atoms with Crippen LogP contribution in [0.15, 0.2) is 42.5 Å². The Morgan fingerprint density at radius 1 is 0.889 bits per heavy atom. The van der Waals surface area contributed by atoms with Crippen LogP contribution in [0, 0.1) is 12.7 Å². The van der Waals surface area contributed by atoms with Gasteiger partial charge >= 0.3 is 0 Å². The molecule has 18 heavy (non-hydrogen) atoms. The summed E-state index contributed by atoms with van der Waals surface area (Å²) in [6.07, 6.45) is 0. The maximum Gasteiger partial charge on any atom is 0.131 e. The molecule has 0 fully saturated rings. The van der Waals surface area contributed by atoms with Gasteiger partial charge in [0.1, 0.15) is 5.82 Å². The second-order valence-electron chi connectivity index (χ2n) is 5.81. The molecule has 0 spiro atoms. The van der Waals surface area contributed by atoms with Crippen molar-refractivity contribution in [3.8, 4) is 11.1 Å². The summed E-state index contributed by atoms with van der Waals surface area (Å²) in [5.74, 6) is -0.154. The van der Waals surface area contributed by atoms with Crippen molar-refractivity contribution in [1.29, 1.82) is 0 Å². The molecule has 0 bridgehead atoms. The summed E-state index contributed by atoms with van der Waals surface area (Å²) in [5, 5.41) is 0. The molecule has 0 N–H and O–H groups in total. The summed E-state index contributed by atoms with van der Waals surface area (Å²) in [4.78, 5) is 0. The molecule has 0 aliphatic rings. The van der Waals surface area contributed by atoms with Crippen molar-refractivity contribution in [3.05, 3.63) is 59.4 Å². The molecule has 2 aromatic rings. The quantitative estimate of drug-likeness (QED) is 0.652. The summed E-state index contributed by atoms with van der Waals surface area (Å²) in [6, 6.07) is 13.5. The van der Waals surface area contributed by atoms with Gasteiger partial charge < -0.3 is 0 Å². The van der Waals surface area contributed by atoms with Crippen molar-refractivity contribution in [2.45, 2.75) is 33.1 Å². The minimum atomic E-state index is -0.154. The molecule has 2 aromatic carbocycles. The fourth-order valence-electron chi connectivity index (χ4n) is 2.00. The van der Waals surface area contributed by atoms with Gasteiger partial charge in [0, 0.05) is 5.56 Å². The van der Waals surface area contributed by atoms with Crippen LogP contribution in [-0.4, -0.2) is 0 Å². The van der Waals surface area contributed by atoms with Crippen molar-refractivity contribution in [2.75, 3.05) is 0 Å². The van der Waals surface area contributed by atoms with Crippen LogP contribution < -0.4 is 0 Å². The molecule has 0 saturated heterocycles. The Morgan fingerprint density at radius 2 is 1.50 bits per heavy atom. The van der Waals surface area contributed by atoms with Gasteiger partial charge in [-0.05, 0) is 35.1 Å². The predicted molar refractivity (Wildman–Crippen MR) is 75.3 cm³/mol. The number of aryl methyl sites for hydroxylation is 1. The van der Waals surface area contributed by atoms with Crippen molar-refractivity contribution >= 4 is 0 Å². The van der Waals surface area contributed by atoms with E-state index in [0.29, 0.717) is 5.56 Å². The van der Waals surface area contributed by atoms with E-state index in [1.165, 1.54) is 5.56 Å². The first kappa shape index (κ1) is 12.8. The molecule has 0 saturated carbocycles. The second-order valence-corrected chi connectivity index (χ2v) is 5.81. The lowest BCUT2D eigenvalue weighted by Crippen LogP contribution is -2.10. The Morgan fingerprint density at radius 3 is 2.00 bits per heavy atom. The van der Waals surface area contributed by atoms with E-state index in [4.69, 9.17) is 0 Å². The third-order valence-corrected chi connectivity index (χ3v) is 3.19. The van der Waals surface area contributed by atoms with Gasteiger partial charge in [0.15, 0.2) is 0 Å². The SMILES string of the molecule is Cc1ccc(-c2ccc(C(C)(C)C)cc2)c(F)c1. The van der Waals surface area contributed by atoms with Gasteiger partial charge in [-0.1, -0.05) is 57.2 Å². The highest BCUT2D eigenvalue weighted by atomic mass is 19.1. The van der Waals surface area contributed by atoms with Gasteiger partial charge in [0.2, 0.25) is 0 Å². The fourth-order valence-corrected chi connectivity index (χ4v) is 2.00. The largest absolute Gasteiger partial charge is 0.206 e. The summed E-state index contributed by atoms with van der Waals surface area (Å²) in [5.41, 5.74) is 3.94. The standard InChI is InChI=1S/C17H19F/c1-12-5-10-15(16(18)11-12)13-6-8-14(9-7-13)17(2,3)4/h5-11H,1-4H3. The third kappa shape index (κ3) is 2.61. The van der Waals surface area contributed by atoms with E-state index in [9.17, 15) is 4.39 Å². The van der Waals surface area contributed by atoms with Crippen molar-refractivity contribution in [3.63, 3.8) is 0 Å². The average molecular weight is 242 g/mol. The van der Waals surface area contributed by atoms with Crippen LogP contribution in [-0.2, 0) is 5.41 Å². The molecular formula is C17H19F. The van der Waals surface area contributed by atoms with E-state index in [1.807, 2.05) is 31.2 Å². The molecule has 0 heterocycles. The summed E-state index contributed by atoms with van der Waals surface area (Å²) in [6.45, 7) is 8.42. The Hall–Kier alpha value is -1.63. The van der Waals surface area contributed by atoms with E-state index in [2.05, 4.69) is 32.9 Å². The zero-order chi connectivity index (χ0) is 13.3. The predicted octanol–water partition coefficient (Wildman–Crippen LogP) is 5.10. The third-order valence-electron chi connectivity index (χ3n) is 3.19. The fraction of sp³-hybridized carbons (Fsp3) is 0.294. The zero-order valence-corrected chi connectivity index (χ0v) is 11.4. The average Bonchev–Trinajstić information content (AvgIpc) is 2.28. The summed E-state index contributed by atoms with van der Waals surface area (Å²) in [7, 11) is 0. The van der Waals surface area contributed by atoms with Gasteiger partial charge in [-0.2, -0.15) is 0 Å². The number of hydrogen-bond donors (Lipinski definition) is 0. The van der Waals surface area contributed by atoms with Gasteiger partial charge in [-0.15, -0.1) is 0 Å². The highest BCUT2D eigenvalue weighted by Crippen LogP contribution is 2.27. The highest BCUT2D eigenvalue weighted by Gasteiger charge is 2.13. The first-order valence-corrected chi connectivity index (χ1v) is 6.25. The van der Waals surface area contributed by atoms with E-state index in [1.54, 1.807) is 6.07 Å². The monoisotopic (exact) mass is 242 g/mol. The summed E-state index contributed by atoms with van der Waals surface area (Å²) >= 11 is 0. The lowest BCUT2D eigenvalue weighted by atomic mass is 9.86. The molecule has 94 valence electrons. The first-order valence-electron chi connectivity index (χ1n) is 6.25. The minimum Gasteiger partial charge on any atom is -0.206 e. The van der Waals surface area contributed by atoms with Crippen LogP contribution in [0.4, 0.5) is 4.39 Å².